The molecule has 3 heterocycles. The SMILES string of the molecule is COc1nc(C)c2c(n1)c(CC1CCCN1)cn2C. The molecule has 1 fully saturated rings. The Morgan fingerprint density at radius 3 is 3.00 bits per heavy atom. The van der Waals surface area contributed by atoms with Gasteiger partial charge in [0.1, 0.15) is 0 Å². The number of methoxy groups -OCH3 is 1. The number of nitrogens with one attached hydrogen (secondary N) is 1. The molecule has 0 amide bonds. The average Bonchev–Trinajstić information content (AvgIpc) is 2.99. The van der Waals surface area contributed by atoms with Crippen LogP contribution in [0, 0.1) is 6.92 Å². The van der Waals surface area contributed by atoms with E-state index in [-0.39, 0.29) is 0 Å². The lowest BCUT2D eigenvalue weighted by Gasteiger charge is -2.08. The normalized spacial score (nSPS) is 19.2. The molecule has 5 heteroatoms. The summed E-state index contributed by atoms with van der Waals surface area (Å²) in [7, 11) is 3.67. The minimum Gasteiger partial charge on any atom is -0.467 e. The lowest BCUT2D eigenvalue weighted by molar-refractivity contribution is 0.380. The Labute approximate surface area is 113 Å². The highest BCUT2D eigenvalue weighted by Gasteiger charge is 2.19. The molecular formula is C14H20N4O. The first-order valence-corrected chi connectivity index (χ1v) is 6.79. The van der Waals surface area contributed by atoms with E-state index in [4.69, 9.17) is 4.74 Å². The highest BCUT2D eigenvalue weighted by atomic mass is 16.5. The van der Waals surface area contributed by atoms with E-state index in [0.29, 0.717) is 12.1 Å². The molecule has 3 rings (SSSR count). The standard InChI is InChI=1S/C14H20N4O/c1-9-13-12(17-14(16-9)19-3)10(8-18(13)2)7-11-5-4-6-15-11/h8,11,15H,4-7H2,1-3H3. The first kappa shape index (κ1) is 12.4. The number of hydrogen-bond donors (Lipinski definition) is 1. The van der Waals surface area contributed by atoms with Crippen LogP contribution in [0.25, 0.3) is 11.0 Å². The molecule has 2 aromatic heterocycles. The van der Waals surface area contributed by atoms with E-state index in [0.717, 1.165) is 29.7 Å². The van der Waals surface area contributed by atoms with Crippen molar-refractivity contribution in [3.8, 4) is 6.01 Å². The van der Waals surface area contributed by atoms with Gasteiger partial charge in [0.15, 0.2) is 0 Å². The predicted octanol–water partition coefficient (Wildman–Crippen LogP) is 1.58. The van der Waals surface area contributed by atoms with Crippen molar-refractivity contribution in [2.45, 2.75) is 32.2 Å². The topological polar surface area (TPSA) is 52.0 Å². The van der Waals surface area contributed by atoms with Gasteiger partial charge in [0.05, 0.1) is 23.8 Å². The highest BCUT2D eigenvalue weighted by Crippen LogP contribution is 2.25. The Balaban J connectivity index is 2.05. The van der Waals surface area contributed by atoms with E-state index in [2.05, 4.69) is 33.1 Å². The number of aryl methyl sites for hydroxylation is 2. The van der Waals surface area contributed by atoms with Crippen LogP contribution in [0.5, 0.6) is 6.01 Å². The zero-order valence-corrected chi connectivity index (χ0v) is 11.7. The molecule has 1 unspecified atom stereocenters. The quantitative estimate of drug-likeness (QED) is 0.910. The molecule has 0 bridgehead atoms. The second-order valence-corrected chi connectivity index (χ2v) is 5.26. The number of ether oxygens (including phenoxy) is 1. The van der Waals surface area contributed by atoms with E-state index < -0.39 is 0 Å². The number of rotatable bonds is 3. The van der Waals surface area contributed by atoms with Gasteiger partial charge in [-0.25, -0.2) is 0 Å². The third-order valence-electron chi connectivity index (χ3n) is 3.86. The summed E-state index contributed by atoms with van der Waals surface area (Å²) < 4.78 is 7.31. The van der Waals surface area contributed by atoms with Crippen LogP contribution in [0.1, 0.15) is 24.1 Å². The minimum absolute atomic E-state index is 0.455. The van der Waals surface area contributed by atoms with E-state index in [1.54, 1.807) is 7.11 Å². The second kappa shape index (κ2) is 4.81. The maximum absolute atomic E-state index is 5.19. The number of nitrogens with zero attached hydrogens (tertiary/aromatic N) is 3. The third kappa shape index (κ3) is 2.18. The molecule has 1 aliphatic rings. The van der Waals surface area contributed by atoms with Gasteiger partial charge in [-0.3, -0.25) is 0 Å². The monoisotopic (exact) mass is 260 g/mol. The van der Waals surface area contributed by atoms with Crippen molar-refractivity contribution in [2.75, 3.05) is 13.7 Å². The highest BCUT2D eigenvalue weighted by molar-refractivity contribution is 5.82. The van der Waals surface area contributed by atoms with E-state index in [9.17, 15) is 0 Å². The molecular weight excluding hydrogens is 240 g/mol. The van der Waals surface area contributed by atoms with Gasteiger partial charge in [-0.15, -0.1) is 0 Å². The molecule has 1 saturated heterocycles. The largest absolute Gasteiger partial charge is 0.467 e. The number of aromatic nitrogens is 3. The fraction of sp³-hybridized carbons (Fsp3) is 0.571. The molecule has 1 N–H and O–H groups in total. The summed E-state index contributed by atoms with van der Waals surface area (Å²) in [6.07, 6.45) is 5.72. The van der Waals surface area contributed by atoms with E-state index in [1.165, 1.54) is 18.4 Å². The molecule has 102 valence electrons. The second-order valence-electron chi connectivity index (χ2n) is 5.26. The summed E-state index contributed by atoms with van der Waals surface area (Å²) in [6, 6.07) is 1.03. The van der Waals surface area contributed by atoms with Crippen molar-refractivity contribution in [1.29, 1.82) is 0 Å². The van der Waals surface area contributed by atoms with Gasteiger partial charge in [-0.1, -0.05) is 0 Å². The maximum Gasteiger partial charge on any atom is 0.317 e. The summed E-state index contributed by atoms with van der Waals surface area (Å²) in [5.74, 6) is 0. The summed E-state index contributed by atoms with van der Waals surface area (Å²) in [6.45, 7) is 3.14. The van der Waals surface area contributed by atoms with E-state index in [1.807, 2.05) is 6.92 Å². The summed E-state index contributed by atoms with van der Waals surface area (Å²) in [5.41, 5.74) is 4.38. The van der Waals surface area contributed by atoms with Crippen LogP contribution in [0.15, 0.2) is 6.20 Å². The summed E-state index contributed by atoms with van der Waals surface area (Å²) in [5, 5.41) is 3.54. The molecule has 19 heavy (non-hydrogen) atoms. The van der Waals surface area contributed by atoms with Crippen molar-refractivity contribution in [1.82, 2.24) is 19.9 Å². The van der Waals surface area contributed by atoms with Gasteiger partial charge in [0, 0.05) is 19.3 Å². The zero-order chi connectivity index (χ0) is 13.4. The first-order chi connectivity index (χ1) is 9.19. The molecule has 5 nitrogen and oxygen atoms in total. The van der Waals surface area contributed by atoms with Gasteiger partial charge in [0.25, 0.3) is 0 Å². The van der Waals surface area contributed by atoms with Gasteiger partial charge in [-0.05, 0) is 38.3 Å². The zero-order valence-electron chi connectivity index (χ0n) is 11.7. The third-order valence-corrected chi connectivity index (χ3v) is 3.86. The Kier molecular flexibility index (Phi) is 3.14. The van der Waals surface area contributed by atoms with Crippen molar-refractivity contribution in [2.24, 2.45) is 7.05 Å². The fourth-order valence-electron chi connectivity index (χ4n) is 2.98. The molecule has 0 spiro atoms. The van der Waals surface area contributed by atoms with Crippen molar-refractivity contribution in [3.05, 3.63) is 17.5 Å². The average molecular weight is 260 g/mol. The summed E-state index contributed by atoms with van der Waals surface area (Å²) in [4.78, 5) is 8.89. The smallest absolute Gasteiger partial charge is 0.317 e. The van der Waals surface area contributed by atoms with Crippen molar-refractivity contribution < 1.29 is 4.74 Å². The van der Waals surface area contributed by atoms with Gasteiger partial charge in [-0.2, -0.15) is 9.97 Å². The van der Waals surface area contributed by atoms with Gasteiger partial charge in [0.2, 0.25) is 0 Å². The summed E-state index contributed by atoms with van der Waals surface area (Å²) >= 11 is 0. The Hall–Kier alpha value is -1.62. The van der Waals surface area contributed by atoms with Crippen LogP contribution < -0.4 is 10.1 Å². The molecule has 1 aliphatic heterocycles. The maximum atomic E-state index is 5.19. The lowest BCUT2D eigenvalue weighted by Crippen LogP contribution is -2.23. The molecule has 0 aliphatic carbocycles. The van der Waals surface area contributed by atoms with Crippen LogP contribution in [-0.4, -0.2) is 34.2 Å². The first-order valence-electron chi connectivity index (χ1n) is 6.79. The Morgan fingerprint density at radius 1 is 1.47 bits per heavy atom. The van der Waals surface area contributed by atoms with Crippen LogP contribution in [0.4, 0.5) is 0 Å². The van der Waals surface area contributed by atoms with Crippen LogP contribution in [0.2, 0.25) is 0 Å². The van der Waals surface area contributed by atoms with Crippen LogP contribution in [0.3, 0.4) is 0 Å². The Bertz CT molecular complexity index is 599. The van der Waals surface area contributed by atoms with E-state index >= 15 is 0 Å². The van der Waals surface area contributed by atoms with Crippen molar-refractivity contribution >= 4 is 11.0 Å². The molecule has 1 atom stereocenters. The number of fused-ring (bicyclic) bond motifs is 1. The number of hydrogen-bond acceptors (Lipinski definition) is 4. The van der Waals surface area contributed by atoms with Gasteiger partial charge >= 0.3 is 6.01 Å². The molecule has 0 saturated carbocycles. The molecule has 0 radical (unpaired) electrons. The fourth-order valence-corrected chi connectivity index (χ4v) is 2.98. The molecule has 0 aromatic carbocycles. The predicted molar refractivity (Wildman–Crippen MR) is 74.5 cm³/mol. The Morgan fingerprint density at radius 2 is 2.32 bits per heavy atom. The van der Waals surface area contributed by atoms with Crippen LogP contribution in [-0.2, 0) is 13.5 Å². The lowest BCUT2D eigenvalue weighted by atomic mass is 10.1. The minimum atomic E-state index is 0.455. The molecule has 2 aromatic rings. The van der Waals surface area contributed by atoms with Crippen LogP contribution >= 0.6 is 0 Å². The van der Waals surface area contributed by atoms with Crippen molar-refractivity contribution in [3.63, 3.8) is 0 Å². The van der Waals surface area contributed by atoms with Gasteiger partial charge < -0.3 is 14.6 Å².